The van der Waals surface area contributed by atoms with E-state index in [4.69, 9.17) is 0 Å². The van der Waals surface area contributed by atoms with Gasteiger partial charge in [-0.15, -0.1) is 10.2 Å². The monoisotopic (exact) mass is 220 g/mol. The van der Waals surface area contributed by atoms with Crippen molar-refractivity contribution in [1.29, 1.82) is 0 Å². The highest BCUT2D eigenvalue weighted by Crippen LogP contribution is 2.29. The molecule has 2 aliphatic heterocycles. The summed E-state index contributed by atoms with van der Waals surface area (Å²) in [5.41, 5.74) is 0. The Morgan fingerprint density at radius 2 is 2.12 bits per heavy atom. The summed E-state index contributed by atoms with van der Waals surface area (Å²) >= 11 is 0. The summed E-state index contributed by atoms with van der Waals surface area (Å²) in [7, 11) is 0. The molecule has 1 aromatic heterocycles. The molecule has 88 valence electrons. The number of aromatic nitrogens is 3. The van der Waals surface area contributed by atoms with Gasteiger partial charge in [-0.3, -0.25) is 0 Å². The quantitative estimate of drug-likeness (QED) is 0.776. The Balaban J connectivity index is 1.91. The Morgan fingerprint density at radius 1 is 1.25 bits per heavy atom. The molecule has 0 amide bonds. The van der Waals surface area contributed by atoms with Crippen LogP contribution in [0.5, 0.6) is 0 Å². The van der Waals surface area contributed by atoms with Gasteiger partial charge in [0.15, 0.2) is 0 Å². The van der Waals surface area contributed by atoms with Crippen LogP contribution in [0.4, 0.5) is 0 Å². The third kappa shape index (κ3) is 1.56. The van der Waals surface area contributed by atoms with E-state index in [1.807, 2.05) is 0 Å². The number of nitrogens with zero attached hydrogens (tertiary/aromatic N) is 3. The van der Waals surface area contributed by atoms with Gasteiger partial charge in [-0.25, -0.2) is 0 Å². The summed E-state index contributed by atoms with van der Waals surface area (Å²) in [6.07, 6.45) is 3.57. The highest BCUT2D eigenvalue weighted by molar-refractivity contribution is 5.09. The van der Waals surface area contributed by atoms with E-state index in [0.717, 1.165) is 25.4 Å². The summed E-state index contributed by atoms with van der Waals surface area (Å²) in [4.78, 5) is 0. The van der Waals surface area contributed by atoms with Gasteiger partial charge < -0.3 is 9.88 Å². The molecule has 3 atom stereocenters. The van der Waals surface area contributed by atoms with Crippen molar-refractivity contribution in [2.75, 3.05) is 6.54 Å². The largest absolute Gasteiger partial charge is 0.315 e. The number of rotatable bonds is 1. The maximum absolute atomic E-state index is 4.44. The molecule has 0 spiro atoms. The van der Waals surface area contributed by atoms with Gasteiger partial charge in [-0.1, -0.05) is 6.92 Å². The van der Waals surface area contributed by atoms with Crippen LogP contribution in [0.25, 0.3) is 0 Å². The minimum absolute atomic E-state index is 0.549. The van der Waals surface area contributed by atoms with Crippen molar-refractivity contribution < 1.29 is 0 Å². The maximum atomic E-state index is 4.44. The van der Waals surface area contributed by atoms with E-state index >= 15 is 0 Å². The number of nitrogens with one attached hydrogen (secondary N) is 1. The van der Waals surface area contributed by atoms with Gasteiger partial charge in [0.1, 0.15) is 11.6 Å². The minimum Gasteiger partial charge on any atom is -0.315 e. The molecule has 1 N–H and O–H groups in total. The third-order valence-corrected chi connectivity index (χ3v) is 4.09. The fraction of sp³-hybridized carbons (Fsp3) is 0.833. The van der Waals surface area contributed by atoms with Crippen molar-refractivity contribution in [3.63, 3.8) is 0 Å². The minimum atomic E-state index is 0.549. The molecule has 16 heavy (non-hydrogen) atoms. The fourth-order valence-electron chi connectivity index (χ4n) is 2.99. The van der Waals surface area contributed by atoms with Crippen LogP contribution < -0.4 is 5.32 Å². The highest BCUT2D eigenvalue weighted by Gasteiger charge is 2.31. The zero-order valence-electron chi connectivity index (χ0n) is 10.1. The zero-order valence-corrected chi connectivity index (χ0v) is 10.1. The van der Waals surface area contributed by atoms with Gasteiger partial charge in [0.2, 0.25) is 0 Å². The van der Waals surface area contributed by atoms with Crippen LogP contribution in [0.15, 0.2) is 0 Å². The summed E-state index contributed by atoms with van der Waals surface area (Å²) in [6, 6.07) is 0.549. The molecule has 3 unspecified atom stereocenters. The lowest BCUT2D eigenvalue weighted by atomic mass is 9.97. The predicted octanol–water partition coefficient (Wildman–Crippen LogP) is 1.33. The number of fused-ring (bicyclic) bond motifs is 1. The molecule has 0 radical (unpaired) electrons. The molecule has 2 aliphatic rings. The first-order valence-corrected chi connectivity index (χ1v) is 6.41. The van der Waals surface area contributed by atoms with E-state index in [2.05, 4.69) is 33.9 Å². The van der Waals surface area contributed by atoms with Crippen molar-refractivity contribution in [1.82, 2.24) is 20.1 Å². The van der Waals surface area contributed by atoms with Crippen LogP contribution in [0.2, 0.25) is 0 Å². The van der Waals surface area contributed by atoms with Crippen LogP contribution in [-0.4, -0.2) is 27.4 Å². The maximum Gasteiger partial charge on any atom is 0.137 e. The van der Waals surface area contributed by atoms with Crippen molar-refractivity contribution >= 4 is 0 Å². The van der Waals surface area contributed by atoms with Crippen LogP contribution >= 0.6 is 0 Å². The van der Waals surface area contributed by atoms with Gasteiger partial charge in [0, 0.05) is 24.9 Å². The zero-order chi connectivity index (χ0) is 11.1. The Bertz CT molecular complexity index is 384. The van der Waals surface area contributed by atoms with Crippen molar-refractivity contribution in [2.45, 2.75) is 51.6 Å². The van der Waals surface area contributed by atoms with E-state index in [9.17, 15) is 0 Å². The van der Waals surface area contributed by atoms with Crippen molar-refractivity contribution in [3.05, 3.63) is 11.6 Å². The average Bonchev–Trinajstić information content (AvgIpc) is 2.83. The molecule has 4 nitrogen and oxygen atoms in total. The van der Waals surface area contributed by atoms with Gasteiger partial charge in [0.25, 0.3) is 0 Å². The van der Waals surface area contributed by atoms with E-state index in [1.54, 1.807) is 0 Å². The molecule has 0 aromatic carbocycles. The second kappa shape index (κ2) is 3.84. The van der Waals surface area contributed by atoms with E-state index < -0.39 is 0 Å². The van der Waals surface area contributed by atoms with Gasteiger partial charge in [-0.05, 0) is 32.2 Å². The molecule has 1 saturated heterocycles. The molecular weight excluding hydrogens is 200 g/mol. The van der Waals surface area contributed by atoms with Crippen LogP contribution in [0.1, 0.15) is 44.3 Å². The average molecular weight is 220 g/mol. The Kier molecular flexibility index (Phi) is 2.46. The normalized spacial score (nSPS) is 34.0. The molecule has 0 bridgehead atoms. The second-order valence-electron chi connectivity index (χ2n) is 5.36. The first kappa shape index (κ1) is 10.3. The van der Waals surface area contributed by atoms with Gasteiger partial charge in [-0.2, -0.15) is 0 Å². The molecule has 3 heterocycles. The Labute approximate surface area is 96.4 Å². The second-order valence-corrected chi connectivity index (χ2v) is 5.36. The van der Waals surface area contributed by atoms with Crippen LogP contribution in [0, 0.1) is 5.92 Å². The molecule has 0 saturated carbocycles. The Morgan fingerprint density at radius 3 is 2.88 bits per heavy atom. The Hall–Kier alpha value is -0.900. The summed E-state index contributed by atoms with van der Waals surface area (Å²) in [5.74, 6) is 3.76. The predicted molar refractivity (Wildman–Crippen MR) is 62.3 cm³/mol. The molecular formula is C12H20N4. The topological polar surface area (TPSA) is 42.7 Å². The molecule has 4 heteroatoms. The lowest BCUT2D eigenvalue weighted by molar-refractivity contribution is 0.393. The van der Waals surface area contributed by atoms with E-state index in [0.29, 0.717) is 12.0 Å². The highest BCUT2D eigenvalue weighted by atomic mass is 15.3. The lowest BCUT2D eigenvalue weighted by Crippen LogP contribution is -2.25. The number of hydrogen-bond donors (Lipinski definition) is 1. The van der Waals surface area contributed by atoms with Gasteiger partial charge >= 0.3 is 0 Å². The molecule has 1 aromatic rings. The van der Waals surface area contributed by atoms with Crippen LogP contribution in [0.3, 0.4) is 0 Å². The van der Waals surface area contributed by atoms with E-state index in [1.165, 1.54) is 24.5 Å². The van der Waals surface area contributed by atoms with Crippen molar-refractivity contribution in [3.8, 4) is 0 Å². The third-order valence-electron chi connectivity index (χ3n) is 4.09. The summed E-state index contributed by atoms with van der Waals surface area (Å²) in [5, 5.41) is 12.3. The van der Waals surface area contributed by atoms with E-state index in [-0.39, 0.29) is 0 Å². The first-order valence-electron chi connectivity index (χ1n) is 6.41. The van der Waals surface area contributed by atoms with Crippen molar-refractivity contribution in [2.24, 2.45) is 5.92 Å². The molecule has 1 fully saturated rings. The lowest BCUT2D eigenvalue weighted by Gasteiger charge is -2.22. The fourth-order valence-corrected chi connectivity index (χ4v) is 2.99. The molecule has 0 aliphatic carbocycles. The smallest absolute Gasteiger partial charge is 0.137 e. The SMILES string of the molecule is CC1CCn2c(nnc2C2CCNC2C)C1. The molecule has 3 rings (SSSR count). The van der Waals surface area contributed by atoms with Gasteiger partial charge in [0.05, 0.1) is 0 Å². The van der Waals surface area contributed by atoms with Crippen LogP contribution in [-0.2, 0) is 13.0 Å². The number of hydrogen-bond acceptors (Lipinski definition) is 3. The summed E-state index contributed by atoms with van der Waals surface area (Å²) in [6.45, 7) is 6.79. The summed E-state index contributed by atoms with van der Waals surface area (Å²) < 4.78 is 2.37. The first-order chi connectivity index (χ1) is 7.75. The standard InChI is InChI=1S/C12H20N4/c1-8-4-6-16-11(7-8)14-15-12(16)10-3-5-13-9(10)2/h8-10,13H,3-7H2,1-2H3.